The zero-order valence-electron chi connectivity index (χ0n) is 16.1. The van der Waals surface area contributed by atoms with Crippen LogP contribution in [0.25, 0.3) is 0 Å². The lowest BCUT2D eigenvalue weighted by Crippen LogP contribution is -2.24. The quantitative estimate of drug-likeness (QED) is 0.193. The highest BCUT2D eigenvalue weighted by Crippen LogP contribution is 2.13. The molecule has 0 atom stereocenters. The van der Waals surface area contributed by atoms with Gasteiger partial charge in [-0.3, -0.25) is 4.79 Å². The predicted octanol–water partition coefficient (Wildman–Crippen LogP) is 6.64. The minimum atomic E-state index is 0.887. The lowest BCUT2D eigenvalue weighted by atomic mass is 10.0. The Labute approximate surface area is 146 Å². The number of amides is 1. The molecule has 0 fully saturated rings. The first-order valence-corrected chi connectivity index (χ1v) is 10.5. The molecule has 2 nitrogen and oxygen atoms in total. The summed E-state index contributed by atoms with van der Waals surface area (Å²) in [6, 6.07) is 0. The van der Waals surface area contributed by atoms with Crippen molar-refractivity contribution in [2.45, 2.75) is 117 Å². The summed E-state index contributed by atoms with van der Waals surface area (Å²) in [5.74, 6) is 0. The van der Waals surface area contributed by atoms with Crippen LogP contribution in [-0.2, 0) is 4.79 Å². The van der Waals surface area contributed by atoms with Gasteiger partial charge in [0.25, 0.3) is 0 Å². The summed E-state index contributed by atoms with van der Waals surface area (Å²) in [5.41, 5.74) is 0. The van der Waals surface area contributed by atoms with Crippen molar-refractivity contribution in [1.82, 2.24) is 4.90 Å². The third kappa shape index (κ3) is 17.7. The minimum Gasteiger partial charge on any atom is -0.334 e. The maximum atomic E-state index is 10.8. The summed E-state index contributed by atoms with van der Waals surface area (Å²) in [4.78, 5) is 12.6. The second-order valence-corrected chi connectivity index (χ2v) is 7.03. The molecule has 0 rings (SSSR count). The zero-order valence-corrected chi connectivity index (χ0v) is 16.1. The van der Waals surface area contributed by atoms with Gasteiger partial charge in [-0.05, 0) is 12.8 Å². The lowest BCUT2D eigenvalue weighted by molar-refractivity contribution is 0.361. The Morgan fingerprint density at radius 2 is 0.870 bits per heavy atom. The molecular weight excluding hydrogens is 282 g/mol. The Kier molecular flexibility index (Phi) is 19.1. The third-order valence-corrected chi connectivity index (χ3v) is 4.69. The summed E-state index contributed by atoms with van der Waals surface area (Å²) in [7, 11) is 0. The van der Waals surface area contributed by atoms with Crippen LogP contribution in [-0.4, -0.2) is 24.4 Å². The number of nitrogens with zero attached hydrogens (tertiary/aromatic N) is 1. The molecule has 0 aliphatic carbocycles. The van der Waals surface area contributed by atoms with E-state index in [1.807, 2.05) is 4.90 Å². The van der Waals surface area contributed by atoms with E-state index in [4.69, 9.17) is 0 Å². The Hall–Kier alpha value is -0.530. The predicted molar refractivity (Wildman–Crippen MR) is 102 cm³/mol. The Morgan fingerprint density at radius 3 is 1.26 bits per heavy atom. The molecule has 0 bridgehead atoms. The van der Waals surface area contributed by atoms with Gasteiger partial charge in [-0.2, -0.15) is 0 Å². The number of rotatable bonds is 19. The molecule has 0 unspecified atom stereocenters. The van der Waals surface area contributed by atoms with Gasteiger partial charge in [0.1, 0.15) is 0 Å². The van der Waals surface area contributed by atoms with Crippen molar-refractivity contribution < 1.29 is 4.79 Å². The van der Waals surface area contributed by atoms with Crippen LogP contribution >= 0.6 is 0 Å². The first-order chi connectivity index (χ1) is 11.3. The van der Waals surface area contributed by atoms with Crippen LogP contribution in [0.5, 0.6) is 0 Å². The molecule has 1 radical (unpaired) electrons. The fourth-order valence-corrected chi connectivity index (χ4v) is 3.05. The highest BCUT2D eigenvalue weighted by atomic mass is 16.1. The van der Waals surface area contributed by atoms with Crippen LogP contribution in [0, 0.1) is 0 Å². The molecule has 2 heteroatoms. The van der Waals surface area contributed by atoms with Crippen LogP contribution in [0.1, 0.15) is 117 Å². The van der Waals surface area contributed by atoms with Gasteiger partial charge in [-0.15, -0.1) is 0 Å². The fraction of sp³-hybridized carbons (Fsp3) is 0.952. The number of carbonyl (C=O) groups excluding carboxylic acids is 1. The van der Waals surface area contributed by atoms with E-state index < -0.39 is 0 Å². The average molecular weight is 325 g/mol. The van der Waals surface area contributed by atoms with Crippen molar-refractivity contribution in [2.75, 3.05) is 13.1 Å². The first-order valence-electron chi connectivity index (χ1n) is 10.5. The van der Waals surface area contributed by atoms with Crippen LogP contribution in [0.2, 0.25) is 0 Å². The molecule has 0 saturated heterocycles. The molecule has 0 aromatic rings. The molecule has 0 aromatic heterocycles. The number of hydrogen-bond donors (Lipinski definition) is 0. The normalized spacial score (nSPS) is 10.9. The number of hydrogen-bond acceptors (Lipinski definition) is 1. The maximum Gasteiger partial charge on any atom is 0.312 e. The van der Waals surface area contributed by atoms with Crippen molar-refractivity contribution >= 4 is 6.41 Å². The van der Waals surface area contributed by atoms with Crippen molar-refractivity contribution in [3.05, 3.63) is 0 Å². The van der Waals surface area contributed by atoms with E-state index in [0.29, 0.717) is 0 Å². The van der Waals surface area contributed by atoms with Crippen molar-refractivity contribution in [2.24, 2.45) is 0 Å². The molecule has 0 heterocycles. The summed E-state index contributed by atoms with van der Waals surface area (Å²) in [6.45, 7) is 6.23. The molecule has 0 spiro atoms. The largest absolute Gasteiger partial charge is 0.334 e. The van der Waals surface area contributed by atoms with Crippen LogP contribution < -0.4 is 0 Å². The monoisotopic (exact) mass is 324 g/mol. The summed E-state index contributed by atoms with van der Waals surface area (Å²) < 4.78 is 0. The summed E-state index contributed by atoms with van der Waals surface area (Å²) in [6.07, 6.45) is 23.7. The van der Waals surface area contributed by atoms with Crippen molar-refractivity contribution in [3.8, 4) is 0 Å². The molecule has 0 aliphatic heterocycles. The minimum absolute atomic E-state index is 0.887. The summed E-state index contributed by atoms with van der Waals surface area (Å²) >= 11 is 0. The highest BCUT2D eigenvalue weighted by Gasteiger charge is 2.01. The van der Waals surface area contributed by atoms with Crippen LogP contribution in [0.3, 0.4) is 0 Å². The van der Waals surface area contributed by atoms with E-state index in [-0.39, 0.29) is 0 Å². The van der Waals surface area contributed by atoms with Crippen molar-refractivity contribution in [3.63, 3.8) is 0 Å². The maximum absolute atomic E-state index is 10.8. The Balaban J connectivity index is 3.14. The van der Waals surface area contributed by atoms with Gasteiger partial charge >= 0.3 is 6.41 Å². The van der Waals surface area contributed by atoms with Gasteiger partial charge < -0.3 is 4.90 Å². The number of unbranched alkanes of at least 4 members (excludes halogenated alkanes) is 14. The molecule has 0 aromatic carbocycles. The Morgan fingerprint density at radius 1 is 0.522 bits per heavy atom. The van der Waals surface area contributed by atoms with Gasteiger partial charge in [0, 0.05) is 13.1 Å². The second kappa shape index (κ2) is 19.5. The molecule has 1 amide bonds. The molecule has 137 valence electrons. The van der Waals surface area contributed by atoms with Gasteiger partial charge in [0.05, 0.1) is 0 Å². The standard InChI is InChI=1S/C21H42NO/c1-3-5-7-8-9-10-11-12-13-14-15-16-17-18-20-22(21-23)19-6-4-2/h3-20H2,1-2H3. The average Bonchev–Trinajstić information content (AvgIpc) is 2.57. The molecular formula is C21H42NO. The smallest absolute Gasteiger partial charge is 0.312 e. The first kappa shape index (κ1) is 22.5. The topological polar surface area (TPSA) is 20.3 Å². The SMILES string of the molecule is CCCCCCCCCCCCCCCCN([C]=O)CCCC. The second-order valence-electron chi connectivity index (χ2n) is 7.03. The summed E-state index contributed by atoms with van der Waals surface area (Å²) in [5, 5.41) is 0. The molecule has 23 heavy (non-hydrogen) atoms. The third-order valence-electron chi connectivity index (χ3n) is 4.69. The zero-order chi connectivity index (χ0) is 17.0. The van der Waals surface area contributed by atoms with Crippen molar-refractivity contribution in [1.29, 1.82) is 0 Å². The highest BCUT2D eigenvalue weighted by molar-refractivity contribution is 5.47. The van der Waals surface area contributed by atoms with Crippen LogP contribution in [0.4, 0.5) is 0 Å². The lowest BCUT2D eigenvalue weighted by Gasteiger charge is -2.15. The van der Waals surface area contributed by atoms with Gasteiger partial charge in [0.15, 0.2) is 0 Å². The van der Waals surface area contributed by atoms with E-state index in [1.54, 1.807) is 0 Å². The van der Waals surface area contributed by atoms with Gasteiger partial charge in [0.2, 0.25) is 0 Å². The van der Waals surface area contributed by atoms with E-state index in [1.165, 1.54) is 83.5 Å². The molecule has 0 aliphatic rings. The van der Waals surface area contributed by atoms with Gasteiger partial charge in [-0.1, -0.05) is 104 Å². The van der Waals surface area contributed by atoms with E-state index in [0.717, 1.165) is 32.4 Å². The van der Waals surface area contributed by atoms with E-state index >= 15 is 0 Å². The Bertz CT molecular complexity index is 230. The van der Waals surface area contributed by atoms with E-state index in [9.17, 15) is 4.79 Å². The fourth-order valence-electron chi connectivity index (χ4n) is 3.05. The van der Waals surface area contributed by atoms with E-state index in [2.05, 4.69) is 20.3 Å². The van der Waals surface area contributed by atoms with Gasteiger partial charge in [-0.25, -0.2) is 0 Å². The molecule has 0 N–H and O–H groups in total. The van der Waals surface area contributed by atoms with Crippen LogP contribution in [0.15, 0.2) is 0 Å². The molecule has 0 saturated carbocycles.